The Labute approximate surface area is 93.2 Å². The number of halogens is 1. The number of aromatic nitrogens is 2. The van der Waals surface area contributed by atoms with E-state index in [1.54, 1.807) is 31.2 Å². The molecule has 0 fully saturated rings. The van der Waals surface area contributed by atoms with Gasteiger partial charge in [-0.2, -0.15) is 0 Å². The van der Waals surface area contributed by atoms with Crippen molar-refractivity contribution in [3.05, 3.63) is 30.2 Å². The van der Waals surface area contributed by atoms with Crippen molar-refractivity contribution < 1.29 is 8.63 Å². The molecule has 2 aromatic rings. The van der Waals surface area contributed by atoms with Crippen LogP contribution in [0.5, 0.6) is 0 Å². The molecule has 2 rings (SSSR count). The highest BCUT2D eigenvalue weighted by Gasteiger charge is 2.08. The van der Waals surface area contributed by atoms with Crippen molar-refractivity contribution in [1.29, 1.82) is 0 Å². The monoisotopic (exact) mass is 242 g/mol. The largest absolute Gasteiger partial charge is 0.421 e. The van der Waals surface area contributed by atoms with Crippen LogP contribution in [0.2, 0.25) is 0 Å². The van der Waals surface area contributed by atoms with Crippen LogP contribution in [0.15, 0.2) is 33.6 Å². The van der Waals surface area contributed by atoms with Crippen LogP contribution in [-0.2, 0) is 10.0 Å². The van der Waals surface area contributed by atoms with Gasteiger partial charge in [-0.15, -0.1) is 10.2 Å². The molecule has 1 aromatic heterocycles. The molecule has 4 nitrogen and oxygen atoms in total. The molecule has 0 aliphatic carbocycles. The fourth-order valence-electron chi connectivity index (χ4n) is 1.14. The maximum atomic E-state index is 11.0. The molecule has 1 atom stereocenters. The van der Waals surface area contributed by atoms with Crippen LogP contribution < -0.4 is 0 Å². The first kappa shape index (κ1) is 10.3. The molecule has 15 heavy (non-hydrogen) atoms. The maximum Gasteiger partial charge on any atom is 0.247 e. The van der Waals surface area contributed by atoms with Crippen LogP contribution >= 0.6 is 10.7 Å². The zero-order valence-corrected chi connectivity index (χ0v) is 9.38. The van der Waals surface area contributed by atoms with Crippen molar-refractivity contribution in [1.82, 2.24) is 10.2 Å². The van der Waals surface area contributed by atoms with E-state index in [9.17, 15) is 4.21 Å². The number of hydrogen-bond donors (Lipinski definition) is 0. The van der Waals surface area contributed by atoms with Gasteiger partial charge in [-0.05, 0) is 28.9 Å². The summed E-state index contributed by atoms with van der Waals surface area (Å²) in [5.74, 6) is 0.888. The molecule has 0 aliphatic rings. The quantitative estimate of drug-likeness (QED) is 0.759. The third-order valence-corrected chi connectivity index (χ3v) is 2.95. The Morgan fingerprint density at radius 2 is 2.20 bits per heavy atom. The van der Waals surface area contributed by atoms with Crippen LogP contribution in [0.4, 0.5) is 0 Å². The first-order chi connectivity index (χ1) is 7.16. The van der Waals surface area contributed by atoms with Gasteiger partial charge in [-0.3, -0.25) is 0 Å². The van der Waals surface area contributed by atoms with Gasteiger partial charge in [-0.1, -0.05) is 6.07 Å². The Kier molecular flexibility index (Phi) is 2.83. The van der Waals surface area contributed by atoms with Crippen LogP contribution in [0.25, 0.3) is 11.5 Å². The third-order valence-electron chi connectivity index (χ3n) is 1.79. The first-order valence-electron chi connectivity index (χ1n) is 4.15. The predicted octanol–water partition coefficient (Wildman–Crippen LogP) is 2.31. The third kappa shape index (κ3) is 2.24. The summed E-state index contributed by atoms with van der Waals surface area (Å²) < 4.78 is 16.3. The first-order valence-corrected chi connectivity index (χ1v) is 6.13. The molecule has 0 bridgehead atoms. The molecule has 0 saturated carbocycles. The Morgan fingerprint density at radius 3 is 2.80 bits per heavy atom. The van der Waals surface area contributed by atoms with Gasteiger partial charge in [0.25, 0.3) is 0 Å². The van der Waals surface area contributed by atoms with Crippen LogP contribution in [0.3, 0.4) is 0 Å². The van der Waals surface area contributed by atoms with Crippen LogP contribution in [0.1, 0.15) is 5.89 Å². The van der Waals surface area contributed by atoms with E-state index in [1.165, 1.54) is 0 Å². The van der Waals surface area contributed by atoms with Crippen molar-refractivity contribution >= 4 is 20.7 Å². The highest BCUT2D eigenvalue weighted by Crippen LogP contribution is 2.21. The summed E-state index contributed by atoms with van der Waals surface area (Å²) in [5, 5.41) is 7.57. The van der Waals surface area contributed by atoms with Crippen molar-refractivity contribution in [2.24, 2.45) is 0 Å². The summed E-state index contributed by atoms with van der Waals surface area (Å²) >= 11 is 0. The average molecular weight is 243 g/mol. The predicted molar refractivity (Wildman–Crippen MR) is 56.7 cm³/mol. The normalized spacial score (nSPS) is 12.7. The number of rotatable bonds is 2. The van der Waals surface area contributed by atoms with Crippen molar-refractivity contribution in [2.75, 3.05) is 0 Å². The molecule has 1 unspecified atom stereocenters. The Morgan fingerprint density at radius 1 is 1.40 bits per heavy atom. The second-order valence-electron chi connectivity index (χ2n) is 2.88. The second kappa shape index (κ2) is 4.12. The molecule has 0 spiro atoms. The highest BCUT2D eigenvalue weighted by atomic mass is 35.7. The fraction of sp³-hybridized carbons (Fsp3) is 0.111. The van der Waals surface area contributed by atoms with E-state index in [-0.39, 0.29) is 0 Å². The Hall–Kier alpha value is -1.20. The molecule has 78 valence electrons. The fourth-order valence-corrected chi connectivity index (χ4v) is 1.84. The topological polar surface area (TPSA) is 56.0 Å². The molecule has 0 N–H and O–H groups in total. The molecule has 0 saturated heterocycles. The van der Waals surface area contributed by atoms with E-state index in [1.807, 2.05) is 0 Å². The van der Waals surface area contributed by atoms with Crippen LogP contribution in [-0.4, -0.2) is 14.4 Å². The summed E-state index contributed by atoms with van der Waals surface area (Å²) in [6, 6.07) is 6.87. The van der Waals surface area contributed by atoms with Crippen molar-refractivity contribution in [3.8, 4) is 11.5 Å². The minimum absolute atomic E-state index is 0.400. The van der Waals surface area contributed by atoms with Crippen molar-refractivity contribution in [3.63, 3.8) is 0 Å². The molecule has 1 aromatic carbocycles. The lowest BCUT2D eigenvalue weighted by Crippen LogP contribution is -1.83. The molecule has 1 heterocycles. The SMILES string of the molecule is Cc1nnc(-c2cccc(S(=O)Cl)c2)o1. The van der Waals surface area contributed by atoms with E-state index in [4.69, 9.17) is 15.1 Å². The number of benzene rings is 1. The highest BCUT2D eigenvalue weighted by molar-refractivity contribution is 8.08. The maximum absolute atomic E-state index is 11.0. The number of nitrogens with zero attached hydrogens (tertiary/aromatic N) is 2. The minimum Gasteiger partial charge on any atom is -0.421 e. The summed E-state index contributed by atoms with van der Waals surface area (Å²) in [6.45, 7) is 1.71. The minimum atomic E-state index is -1.52. The van der Waals surface area contributed by atoms with E-state index in [0.717, 1.165) is 0 Å². The molecule has 0 radical (unpaired) electrons. The van der Waals surface area contributed by atoms with E-state index >= 15 is 0 Å². The van der Waals surface area contributed by atoms with E-state index in [2.05, 4.69) is 10.2 Å². The number of aryl methyl sites for hydroxylation is 1. The lowest BCUT2D eigenvalue weighted by molar-refractivity contribution is 0.532. The number of hydrogen-bond acceptors (Lipinski definition) is 4. The Balaban J connectivity index is 2.45. The summed E-state index contributed by atoms with van der Waals surface area (Å²) in [4.78, 5) is 0.519. The molecular formula is C9H7ClN2O2S. The smallest absolute Gasteiger partial charge is 0.247 e. The van der Waals surface area contributed by atoms with Gasteiger partial charge in [0.15, 0.2) is 0 Å². The van der Waals surface area contributed by atoms with Gasteiger partial charge in [0.1, 0.15) is 10.0 Å². The molecule has 0 aliphatic heterocycles. The van der Waals surface area contributed by atoms with Gasteiger partial charge in [0.2, 0.25) is 11.8 Å². The lowest BCUT2D eigenvalue weighted by atomic mass is 10.2. The average Bonchev–Trinajstić information content (AvgIpc) is 2.65. The summed E-state index contributed by atoms with van der Waals surface area (Å²) in [5.41, 5.74) is 0.710. The summed E-state index contributed by atoms with van der Waals surface area (Å²) in [6.07, 6.45) is 0. The zero-order chi connectivity index (χ0) is 10.8. The van der Waals surface area contributed by atoms with Crippen LogP contribution in [0, 0.1) is 6.92 Å². The van der Waals surface area contributed by atoms with Gasteiger partial charge in [-0.25, -0.2) is 4.21 Å². The second-order valence-corrected chi connectivity index (χ2v) is 4.64. The molecule has 0 amide bonds. The van der Waals surface area contributed by atoms with Gasteiger partial charge >= 0.3 is 0 Å². The lowest BCUT2D eigenvalue weighted by Gasteiger charge is -1.96. The van der Waals surface area contributed by atoms with E-state index < -0.39 is 10.0 Å². The summed E-state index contributed by atoms with van der Waals surface area (Å²) in [7, 11) is 3.95. The van der Waals surface area contributed by atoms with Gasteiger partial charge in [0.05, 0.1) is 4.90 Å². The van der Waals surface area contributed by atoms with E-state index in [0.29, 0.717) is 22.2 Å². The molecule has 6 heteroatoms. The van der Waals surface area contributed by atoms with Crippen molar-refractivity contribution in [2.45, 2.75) is 11.8 Å². The standard InChI is InChI=1S/C9H7ClN2O2S/c1-6-11-12-9(14-6)7-3-2-4-8(5-7)15(10)13/h2-5H,1H3. The van der Waals surface area contributed by atoms with Gasteiger partial charge < -0.3 is 4.42 Å². The van der Waals surface area contributed by atoms with Gasteiger partial charge in [0, 0.05) is 12.5 Å². The Bertz CT molecular complexity index is 512. The molecular weight excluding hydrogens is 236 g/mol. The zero-order valence-electron chi connectivity index (χ0n) is 7.81.